The normalized spacial score (nSPS) is 17.8. The lowest BCUT2D eigenvalue weighted by atomic mass is 10.0. The molecule has 1 aliphatic rings. The molecule has 2 heterocycles. The van der Waals surface area contributed by atoms with Gasteiger partial charge >= 0.3 is 0 Å². The fourth-order valence-electron chi connectivity index (χ4n) is 2.35. The molecule has 1 aromatic heterocycles. The van der Waals surface area contributed by atoms with Crippen molar-refractivity contribution in [2.45, 2.75) is 26.4 Å². The Balaban J connectivity index is 2.33. The smallest absolute Gasteiger partial charge is 0.195 e. The molecule has 1 aliphatic heterocycles. The average Bonchev–Trinajstić information content (AvgIpc) is 2.79. The van der Waals surface area contributed by atoms with Gasteiger partial charge in [-0.2, -0.15) is 0 Å². The van der Waals surface area contributed by atoms with Gasteiger partial charge in [0, 0.05) is 17.5 Å². The van der Waals surface area contributed by atoms with Gasteiger partial charge in [-0.25, -0.2) is 0 Å². The van der Waals surface area contributed by atoms with Crippen molar-refractivity contribution >= 4 is 11.0 Å². The number of hydrogen-bond acceptors (Lipinski definition) is 4. The highest BCUT2D eigenvalue weighted by atomic mass is 16.5. The Kier molecular flexibility index (Phi) is 2.41. The van der Waals surface area contributed by atoms with Crippen LogP contribution in [-0.2, 0) is 6.42 Å². The van der Waals surface area contributed by atoms with Gasteiger partial charge in [0.15, 0.2) is 5.43 Å². The summed E-state index contributed by atoms with van der Waals surface area (Å²) < 4.78 is 11.3. The molecule has 4 nitrogen and oxygen atoms in total. The van der Waals surface area contributed by atoms with Crippen molar-refractivity contribution in [2.75, 3.05) is 6.61 Å². The minimum atomic E-state index is -0.238. The zero-order valence-electron chi connectivity index (χ0n) is 10.3. The Labute approximate surface area is 104 Å². The quantitative estimate of drug-likeness (QED) is 0.832. The van der Waals surface area contributed by atoms with Gasteiger partial charge in [0.05, 0.1) is 12.0 Å². The van der Waals surface area contributed by atoms with Crippen LogP contribution in [0.25, 0.3) is 11.0 Å². The summed E-state index contributed by atoms with van der Waals surface area (Å²) in [6, 6.07) is 3.51. The highest BCUT2D eigenvalue weighted by Crippen LogP contribution is 2.34. The number of aryl methyl sites for hydroxylation is 1. The Morgan fingerprint density at radius 3 is 2.89 bits per heavy atom. The fourth-order valence-corrected chi connectivity index (χ4v) is 2.35. The number of rotatable bonds is 1. The molecule has 0 saturated heterocycles. The van der Waals surface area contributed by atoms with E-state index in [1.807, 2.05) is 0 Å². The molecular weight excluding hydrogens is 232 g/mol. The second-order valence-electron chi connectivity index (χ2n) is 4.66. The Morgan fingerprint density at radius 1 is 1.39 bits per heavy atom. The Morgan fingerprint density at radius 2 is 2.17 bits per heavy atom. The first-order valence-corrected chi connectivity index (χ1v) is 5.95. The zero-order chi connectivity index (χ0) is 12.9. The van der Waals surface area contributed by atoms with Gasteiger partial charge in [0.1, 0.15) is 23.2 Å². The van der Waals surface area contributed by atoms with Gasteiger partial charge in [-0.1, -0.05) is 0 Å². The highest BCUT2D eigenvalue weighted by molar-refractivity contribution is 5.83. The first-order valence-electron chi connectivity index (χ1n) is 5.95. The van der Waals surface area contributed by atoms with E-state index in [4.69, 9.17) is 14.3 Å². The summed E-state index contributed by atoms with van der Waals surface area (Å²) >= 11 is 0. The maximum atomic E-state index is 12.1. The van der Waals surface area contributed by atoms with Gasteiger partial charge < -0.3 is 14.3 Å². The molecule has 0 saturated carbocycles. The molecule has 1 N–H and O–H groups in total. The van der Waals surface area contributed by atoms with Crippen molar-refractivity contribution in [3.05, 3.63) is 39.2 Å². The van der Waals surface area contributed by atoms with Crippen LogP contribution in [0.2, 0.25) is 0 Å². The first kappa shape index (κ1) is 11.3. The van der Waals surface area contributed by atoms with Crippen LogP contribution in [0, 0.1) is 13.8 Å². The number of hydrogen-bond donors (Lipinski definition) is 1. The second kappa shape index (κ2) is 3.85. The van der Waals surface area contributed by atoms with Crippen LogP contribution >= 0.6 is 0 Å². The molecule has 0 bridgehead atoms. The molecule has 1 unspecified atom stereocenters. The third-order valence-corrected chi connectivity index (χ3v) is 3.52. The van der Waals surface area contributed by atoms with Gasteiger partial charge in [0.2, 0.25) is 0 Å². The summed E-state index contributed by atoms with van der Waals surface area (Å²) in [6.07, 6.45) is 0.340. The van der Waals surface area contributed by atoms with Crippen LogP contribution in [0.15, 0.2) is 21.3 Å². The summed E-state index contributed by atoms with van der Waals surface area (Å²) in [6.45, 7) is 3.51. The van der Waals surface area contributed by atoms with Gasteiger partial charge in [-0.05, 0) is 26.0 Å². The summed E-state index contributed by atoms with van der Waals surface area (Å²) in [5.41, 5.74) is 2.12. The van der Waals surface area contributed by atoms with E-state index in [9.17, 15) is 4.79 Å². The monoisotopic (exact) mass is 246 g/mol. The molecule has 4 heteroatoms. The maximum absolute atomic E-state index is 12.1. The van der Waals surface area contributed by atoms with E-state index in [1.165, 1.54) is 0 Å². The van der Waals surface area contributed by atoms with Crippen LogP contribution in [0.1, 0.15) is 16.9 Å². The fraction of sp³-hybridized carbons (Fsp3) is 0.357. The molecule has 2 aromatic rings. The molecule has 94 valence electrons. The van der Waals surface area contributed by atoms with Crippen LogP contribution in [0.3, 0.4) is 0 Å². The van der Waals surface area contributed by atoms with Gasteiger partial charge in [-0.3, -0.25) is 4.79 Å². The molecule has 0 radical (unpaired) electrons. The molecule has 0 aliphatic carbocycles. The largest absolute Gasteiger partial charge is 0.487 e. The standard InChI is InChI=1S/C14H14O4/c1-7-8(2)17-14-10(13(7)16)3-4-12-11(14)5-9(6-15)18-12/h3-4,9,15H,5-6H2,1-2H3. The van der Waals surface area contributed by atoms with Crippen molar-refractivity contribution in [3.8, 4) is 5.75 Å². The summed E-state index contributed by atoms with van der Waals surface area (Å²) in [5, 5.41) is 9.73. The third kappa shape index (κ3) is 1.46. The summed E-state index contributed by atoms with van der Waals surface area (Å²) in [5.74, 6) is 1.33. The minimum absolute atomic E-state index is 0.00370. The topological polar surface area (TPSA) is 59.7 Å². The Bertz CT molecular complexity index is 684. The summed E-state index contributed by atoms with van der Waals surface area (Å²) in [7, 11) is 0. The lowest BCUT2D eigenvalue weighted by Gasteiger charge is -2.06. The third-order valence-electron chi connectivity index (χ3n) is 3.52. The van der Waals surface area contributed by atoms with Gasteiger partial charge in [-0.15, -0.1) is 0 Å². The van der Waals surface area contributed by atoms with Crippen LogP contribution < -0.4 is 10.2 Å². The molecular formula is C14H14O4. The molecule has 3 rings (SSSR count). The van der Waals surface area contributed by atoms with E-state index in [-0.39, 0.29) is 18.1 Å². The predicted molar refractivity (Wildman–Crippen MR) is 67.2 cm³/mol. The molecule has 1 aromatic carbocycles. The van der Waals surface area contributed by atoms with Crippen LogP contribution in [0.4, 0.5) is 0 Å². The predicted octanol–water partition coefficient (Wildman–Crippen LogP) is 1.71. The van der Waals surface area contributed by atoms with Crippen molar-refractivity contribution < 1.29 is 14.3 Å². The van der Waals surface area contributed by atoms with Crippen LogP contribution in [-0.4, -0.2) is 17.8 Å². The number of fused-ring (bicyclic) bond motifs is 3. The van der Waals surface area contributed by atoms with E-state index in [2.05, 4.69) is 0 Å². The van der Waals surface area contributed by atoms with E-state index < -0.39 is 0 Å². The lowest BCUT2D eigenvalue weighted by molar-refractivity contribution is 0.134. The van der Waals surface area contributed by atoms with Crippen molar-refractivity contribution in [2.24, 2.45) is 0 Å². The number of benzene rings is 1. The van der Waals surface area contributed by atoms with E-state index in [0.717, 1.165) is 5.56 Å². The average molecular weight is 246 g/mol. The Hall–Kier alpha value is -1.81. The highest BCUT2D eigenvalue weighted by Gasteiger charge is 2.26. The lowest BCUT2D eigenvalue weighted by Crippen LogP contribution is -2.17. The second-order valence-corrected chi connectivity index (χ2v) is 4.66. The summed E-state index contributed by atoms with van der Waals surface area (Å²) in [4.78, 5) is 12.1. The minimum Gasteiger partial charge on any atom is -0.487 e. The van der Waals surface area contributed by atoms with Crippen molar-refractivity contribution in [1.82, 2.24) is 0 Å². The van der Waals surface area contributed by atoms with Gasteiger partial charge in [0.25, 0.3) is 0 Å². The molecule has 18 heavy (non-hydrogen) atoms. The number of aliphatic hydroxyl groups excluding tert-OH is 1. The molecule has 0 amide bonds. The number of ether oxygens (including phenoxy) is 1. The van der Waals surface area contributed by atoms with E-state index in [1.54, 1.807) is 26.0 Å². The molecule has 1 atom stereocenters. The molecule has 0 fully saturated rings. The van der Waals surface area contributed by atoms with Crippen molar-refractivity contribution in [1.29, 1.82) is 0 Å². The van der Waals surface area contributed by atoms with Crippen molar-refractivity contribution in [3.63, 3.8) is 0 Å². The van der Waals surface area contributed by atoms with Crippen LogP contribution in [0.5, 0.6) is 5.75 Å². The maximum Gasteiger partial charge on any atom is 0.195 e. The van der Waals surface area contributed by atoms with E-state index in [0.29, 0.717) is 34.5 Å². The number of aliphatic hydroxyl groups is 1. The molecule has 0 spiro atoms. The SMILES string of the molecule is Cc1oc2c3c(ccc2c(=O)c1C)OC(CO)C3. The first-order chi connectivity index (χ1) is 8.61. The van der Waals surface area contributed by atoms with E-state index >= 15 is 0 Å². The zero-order valence-corrected chi connectivity index (χ0v) is 10.3.